The Hall–Kier alpha value is -1.74. The molecule has 2 aromatic rings. The molecule has 0 fully saturated rings. The fraction of sp³-hybridized carbons (Fsp3) is 0.133. The minimum absolute atomic E-state index is 0.563. The Morgan fingerprint density at radius 2 is 1.67 bits per heavy atom. The first kappa shape index (κ1) is 12.7. The molecule has 0 saturated carbocycles. The molecular weight excluding hydrogens is 244 g/mol. The second-order valence-corrected chi connectivity index (χ2v) is 5.16. The maximum Gasteiger partial charge on any atom is 0.321 e. The molecule has 3 heteroatoms. The average Bonchev–Trinajstić information content (AvgIpc) is 2.38. The van der Waals surface area contributed by atoms with E-state index in [1.165, 1.54) is 11.8 Å². The number of carboxylic acid groups (broad SMARTS) is 1. The number of benzene rings is 2. The lowest BCUT2D eigenvalue weighted by molar-refractivity contribution is -0.136. The minimum Gasteiger partial charge on any atom is -0.480 e. The summed E-state index contributed by atoms with van der Waals surface area (Å²) < 4.78 is 0. The predicted molar refractivity (Wildman–Crippen MR) is 73.9 cm³/mol. The lowest BCUT2D eigenvalue weighted by Gasteiger charge is -2.13. The Kier molecular flexibility index (Phi) is 4.05. The molecule has 0 radical (unpaired) electrons. The van der Waals surface area contributed by atoms with Gasteiger partial charge < -0.3 is 5.11 Å². The molecule has 0 aromatic heterocycles. The molecule has 0 aliphatic carbocycles. The van der Waals surface area contributed by atoms with Crippen LogP contribution in [0.15, 0.2) is 59.5 Å². The molecule has 0 spiro atoms. The first-order chi connectivity index (χ1) is 8.68. The van der Waals surface area contributed by atoms with E-state index < -0.39 is 11.2 Å². The number of hydrogen-bond acceptors (Lipinski definition) is 2. The van der Waals surface area contributed by atoms with Crippen molar-refractivity contribution in [1.82, 2.24) is 0 Å². The third-order valence-corrected chi connectivity index (χ3v) is 4.09. The molecule has 0 aliphatic heterocycles. The summed E-state index contributed by atoms with van der Waals surface area (Å²) in [7, 11) is 0. The van der Waals surface area contributed by atoms with Crippen LogP contribution < -0.4 is 0 Å². The van der Waals surface area contributed by atoms with E-state index in [0.29, 0.717) is 0 Å². The Labute approximate surface area is 111 Å². The number of thioether (sulfide) groups is 1. The van der Waals surface area contributed by atoms with Crippen LogP contribution in [-0.4, -0.2) is 11.1 Å². The molecule has 1 atom stereocenters. The molecule has 0 bridgehead atoms. The van der Waals surface area contributed by atoms with Gasteiger partial charge in [0.25, 0.3) is 0 Å². The molecule has 0 saturated heterocycles. The normalized spacial score (nSPS) is 12.1. The molecular formula is C15H14O2S. The Bertz CT molecular complexity index is 537. The van der Waals surface area contributed by atoms with Gasteiger partial charge in [-0.25, -0.2) is 0 Å². The third-order valence-electron chi connectivity index (χ3n) is 2.67. The monoisotopic (exact) mass is 258 g/mol. The standard InChI is InChI=1S/C15H14O2S/c1-11-7-5-6-10-13(11)18-14(15(16)17)12-8-3-2-4-9-12/h2-10,14H,1H3,(H,16,17)/t14-/m0/s1. The van der Waals surface area contributed by atoms with Crippen LogP contribution in [0.25, 0.3) is 0 Å². The van der Waals surface area contributed by atoms with Crippen molar-refractivity contribution in [1.29, 1.82) is 0 Å². The summed E-state index contributed by atoms with van der Waals surface area (Å²) in [5.41, 5.74) is 1.92. The second kappa shape index (κ2) is 5.74. The van der Waals surface area contributed by atoms with Gasteiger partial charge >= 0.3 is 5.97 Å². The number of aryl methyl sites for hydroxylation is 1. The summed E-state index contributed by atoms with van der Waals surface area (Å²) in [5, 5.41) is 8.80. The van der Waals surface area contributed by atoms with Crippen molar-refractivity contribution in [2.75, 3.05) is 0 Å². The van der Waals surface area contributed by atoms with E-state index >= 15 is 0 Å². The SMILES string of the molecule is Cc1ccccc1S[C@H](C(=O)O)c1ccccc1. The van der Waals surface area contributed by atoms with Crippen LogP contribution in [0.2, 0.25) is 0 Å². The van der Waals surface area contributed by atoms with E-state index in [-0.39, 0.29) is 0 Å². The lowest BCUT2D eigenvalue weighted by Crippen LogP contribution is -2.07. The van der Waals surface area contributed by atoms with Crippen molar-refractivity contribution in [2.45, 2.75) is 17.1 Å². The maximum atomic E-state index is 11.4. The largest absolute Gasteiger partial charge is 0.480 e. The lowest BCUT2D eigenvalue weighted by atomic mass is 10.1. The zero-order chi connectivity index (χ0) is 13.0. The minimum atomic E-state index is -0.811. The molecule has 1 N–H and O–H groups in total. The van der Waals surface area contributed by atoms with E-state index in [1.807, 2.05) is 61.5 Å². The molecule has 2 aromatic carbocycles. The highest BCUT2D eigenvalue weighted by Gasteiger charge is 2.21. The molecule has 0 heterocycles. The van der Waals surface area contributed by atoms with Crippen molar-refractivity contribution >= 4 is 17.7 Å². The highest BCUT2D eigenvalue weighted by Crippen LogP contribution is 2.36. The zero-order valence-corrected chi connectivity index (χ0v) is 10.9. The van der Waals surface area contributed by atoms with Crippen LogP contribution in [0, 0.1) is 6.92 Å². The summed E-state index contributed by atoms with van der Waals surface area (Å²) >= 11 is 1.38. The molecule has 0 aliphatic rings. The summed E-state index contributed by atoms with van der Waals surface area (Å²) in [6.07, 6.45) is 0. The van der Waals surface area contributed by atoms with Gasteiger partial charge in [-0.2, -0.15) is 0 Å². The van der Waals surface area contributed by atoms with Crippen molar-refractivity contribution in [3.8, 4) is 0 Å². The molecule has 0 amide bonds. The molecule has 2 rings (SSSR count). The number of hydrogen-bond donors (Lipinski definition) is 1. The fourth-order valence-electron chi connectivity index (χ4n) is 1.70. The van der Waals surface area contributed by atoms with Gasteiger partial charge in [0.05, 0.1) is 0 Å². The van der Waals surface area contributed by atoms with Crippen LogP contribution in [0.1, 0.15) is 16.4 Å². The van der Waals surface area contributed by atoms with E-state index in [1.54, 1.807) is 0 Å². The van der Waals surface area contributed by atoms with Gasteiger partial charge in [0.15, 0.2) is 0 Å². The number of rotatable bonds is 4. The van der Waals surface area contributed by atoms with E-state index in [2.05, 4.69) is 0 Å². The Balaban J connectivity index is 2.28. The van der Waals surface area contributed by atoms with Crippen molar-refractivity contribution in [3.63, 3.8) is 0 Å². The molecule has 2 nitrogen and oxygen atoms in total. The quantitative estimate of drug-likeness (QED) is 0.845. The third kappa shape index (κ3) is 2.93. The van der Waals surface area contributed by atoms with Crippen LogP contribution in [-0.2, 0) is 4.79 Å². The van der Waals surface area contributed by atoms with Crippen molar-refractivity contribution in [2.24, 2.45) is 0 Å². The smallest absolute Gasteiger partial charge is 0.321 e. The van der Waals surface area contributed by atoms with Gasteiger partial charge in [-0.3, -0.25) is 4.79 Å². The number of carbonyl (C=O) groups is 1. The van der Waals surface area contributed by atoms with Gasteiger partial charge in [-0.05, 0) is 24.1 Å². The maximum absolute atomic E-state index is 11.4. The fourth-order valence-corrected chi connectivity index (χ4v) is 2.76. The summed E-state index contributed by atoms with van der Waals surface area (Å²) in [6.45, 7) is 1.99. The number of carboxylic acids is 1. The first-order valence-electron chi connectivity index (χ1n) is 5.68. The van der Waals surface area contributed by atoms with E-state index in [9.17, 15) is 9.90 Å². The Morgan fingerprint density at radius 1 is 1.06 bits per heavy atom. The van der Waals surface area contributed by atoms with Gasteiger partial charge in [0, 0.05) is 4.90 Å². The van der Waals surface area contributed by atoms with E-state index in [4.69, 9.17) is 0 Å². The summed E-state index contributed by atoms with van der Waals surface area (Å²) in [5.74, 6) is -0.811. The highest BCUT2D eigenvalue weighted by molar-refractivity contribution is 8.00. The topological polar surface area (TPSA) is 37.3 Å². The van der Waals surface area contributed by atoms with Crippen LogP contribution in [0.5, 0.6) is 0 Å². The van der Waals surface area contributed by atoms with Crippen LogP contribution in [0.4, 0.5) is 0 Å². The highest BCUT2D eigenvalue weighted by atomic mass is 32.2. The number of aliphatic carboxylic acids is 1. The molecule has 18 heavy (non-hydrogen) atoms. The van der Waals surface area contributed by atoms with Crippen LogP contribution >= 0.6 is 11.8 Å². The predicted octanol–water partition coefficient (Wildman–Crippen LogP) is 3.91. The van der Waals surface area contributed by atoms with Gasteiger partial charge in [0.2, 0.25) is 0 Å². The first-order valence-corrected chi connectivity index (χ1v) is 6.56. The van der Waals surface area contributed by atoms with Crippen molar-refractivity contribution < 1.29 is 9.90 Å². The summed E-state index contributed by atoms with van der Waals surface area (Å²) in [4.78, 5) is 12.4. The van der Waals surface area contributed by atoms with Gasteiger partial charge in [-0.15, -0.1) is 11.8 Å². The summed E-state index contributed by atoms with van der Waals surface area (Å²) in [6, 6.07) is 17.2. The zero-order valence-electron chi connectivity index (χ0n) is 10.0. The Morgan fingerprint density at radius 3 is 2.28 bits per heavy atom. The van der Waals surface area contributed by atoms with Crippen LogP contribution in [0.3, 0.4) is 0 Å². The second-order valence-electron chi connectivity index (χ2n) is 4.01. The van der Waals surface area contributed by atoms with Gasteiger partial charge in [0.1, 0.15) is 5.25 Å². The van der Waals surface area contributed by atoms with Gasteiger partial charge in [-0.1, -0.05) is 48.5 Å². The molecule has 0 unspecified atom stereocenters. The average molecular weight is 258 g/mol. The van der Waals surface area contributed by atoms with E-state index in [0.717, 1.165) is 16.0 Å². The molecule has 92 valence electrons. The van der Waals surface area contributed by atoms with Crippen molar-refractivity contribution in [3.05, 3.63) is 65.7 Å².